The molecule has 0 N–H and O–H groups in total. The number of hydrogen-bond acceptors (Lipinski definition) is 3. The van der Waals surface area contributed by atoms with Gasteiger partial charge in [-0.05, 0) is 45.4 Å². The van der Waals surface area contributed by atoms with Crippen LogP contribution < -0.4 is 4.90 Å². The first-order valence-corrected chi connectivity index (χ1v) is 9.50. The van der Waals surface area contributed by atoms with Gasteiger partial charge >= 0.3 is 0 Å². The molecule has 5 nitrogen and oxygen atoms in total. The number of carbonyl (C=O) groups excluding carboxylic acids is 1. The molecule has 1 fully saturated rings. The van der Waals surface area contributed by atoms with Gasteiger partial charge in [-0.3, -0.25) is 9.69 Å². The molecule has 5 heteroatoms. The zero-order valence-electron chi connectivity index (χ0n) is 16.3. The molecule has 0 aromatic carbocycles. The molecule has 2 aromatic heterocycles. The van der Waals surface area contributed by atoms with Crippen LogP contribution in [-0.4, -0.2) is 39.3 Å². The monoisotopic (exact) mass is 364 g/mol. The summed E-state index contributed by atoms with van der Waals surface area (Å²) in [5, 5.41) is 0. The topological polar surface area (TPSA) is 40.9 Å². The predicted octanol–water partition coefficient (Wildman–Crippen LogP) is 3.97. The van der Waals surface area contributed by atoms with E-state index in [2.05, 4.69) is 31.2 Å². The molecular weight excluding hydrogens is 336 g/mol. The summed E-state index contributed by atoms with van der Waals surface area (Å²) in [6.07, 6.45) is 12.2. The number of rotatable bonds is 7. The Hall–Kier alpha value is -2.66. The molecule has 1 aliphatic rings. The fourth-order valence-corrected chi connectivity index (χ4v) is 3.63. The third-order valence-corrected chi connectivity index (χ3v) is 5.07. The molecule has 0 bridgehead atoms. The third-order valence-electron chi connectivity index (χ3n) is 5.07. The Balaban J connectivity index is 1.79. The zero-order chi connectivity index (χ0) is 19.4. The molecule has 1 atom stereocenters. The van der Waals surface area contributed by atoms with Crippen molar-refractivity contribution < 1.29 is 4.79 Å². The lowest BCUT2D eigenvalue weighted by molar-refractivity contribution is -0.113. The molecule has 0 spiro atoms. The van der Waals surface area contributed by atoms with E-state index in [0.717, 1.165) is 30.0 Å². The van der Waals surface area contributed by atoms with Crippen molar-refractivity contribution in [3.05, 3.63) is 67.3 Å². The van der Waals surface area contributed by atoms with Crippen LogP contribution in [0.4, 0.5) is 5.69 Å². The minimum absolute atomic E-state index is 0.148. The van der Waals surface area contributed by atoms with Crippen LogP contribution >= 0.6 is 0 Å². The van der Waals surface area contributed by atoms with Crippen molar-refractivity contribution in [3.63, 3.8) is 0 Å². The van der Waals surface area contributed by atoms with Gasteiger partial charge in [0.1, 0.15) is 5.65 Å². The highest BCUT2D eigenvalue weighted by Gasteiger charge is 2.20. The summed E-state index contributed by atoms with van der Waals surface area (Å²) in [7, 11) is 0. The number of nitrogens with zero attached hydrogens (tertiary/aromatic N) is 4. The number of likely N-dealkylation sites (tertiary alicyclic amines) is 1. The lowest BCUT2D eigenvalue weighted by atomic mass is 10.2. The highest BCUT2D eigenvalue weighted by atomic mass is 16.2. The molecule has 2 aromatic rings. The van der Waals surface area contributed by atoms with Crippen molar-refractivity contribution in [3.8, 4) is 0 Å². The second-order valence-corrected chi connectivity index (χ2v) is 7.17. The molecule has 1 aliphatic heterocycles. The Morgan fingerprint density at radius 1 is 1.41 bits per heavy atom. The van der Waals surface area contributed by atoms with Crippen LogP contribution in [-0.2, 0) is 11.2 Å². The normalized spacial score (nSPS) is 17.6. The largest absolute Gasteiger partial charge is 0.305 e. The third kappa shape index (κ3) is 4.37. The Morgan fingerprint density at radius 3 is 2.89 bits per heavy atom. The Kier molecular flexibility index (Phi) is 5.91. The molecule has 3 heterocycles. The summed E-state index contributed by atoms with van der Waals surface area (Å²) in [5.74, 6) is -0.148. The molecule has 1 saturated heterocycles. The number of hydrogen-bond donors (Lipinski definition) is 0. The molecule has 0 aliphatic carbocycles. The van der Waals surface area contributed by atoms with Crippen molar-refractivity contribution in [2.24, 2.45) is 0 Å². The minimum atomic E-state index is -0.148. The summed E-state index contributed by atoms with van der Waals surface area (Å²) < 4.78 is 1.98. The van der Waals surface area contributed by atoms with Crippen LogP contribution in [0.3, 0.4) is 0 Å². The molecule has 1 amide bonds. The first kappa shape index (κ1) is 19.1. The summed E-state index contributed by atoms with van der Waals surface area (Å²) in [5.41, 5.74) is 3.40. The Labute approximate surface area is 161 Å². The molecule has 142 valence electrons. The van der Waals surface area contributed by atoms with Crippen molar-refractivity contribution in [1.82, 2.24) is 14.3 Å². The van der Waals surface area contributed by atoms with Gasteiger partial charge in [0.2, 0.25) is 0 Å². The smallest absolute Gasteiger partial charge is 0.255 e. The number of anilines is 1. The zero-order valence-corrected chi connectivity index (χ0v) is 16.3. The number of fused-ring (bicyclic) bond motifs is 1. The van der Waals surface area contributed by atoms with Gasteiger partial charge in [0.05, 0.1) is 11.4 Å². The molecule has 27 heavy (non-hydrogen) atoms. The second kappa shape index (κ2) is 8.35. The van der Waals surface area contributed by atoms with Gasteiger partial charge in [-0.25, -0.2) is 4.98 Å². The van der Waals surface area contributed by atoms with Crippen molar-refractivity contribution in [2.75, 3.05) is 18.0 Å². The van der Waals surface area contributed by atoms with E-state index >= 15 is 0 Å². The van der Waals surface area contributed by atoms with E-state index in [1.54, 1.807) is 17.1 Å². The molecule has 3 rings (SSSR count). The Bertz CT molecular complexity index is 880. The van der Waals surface area contributed by atoms with E-state index in [-0.39, 0.29) is 5.91 Å². The highest BCUT2D eigenvalue weighted by molar-refractivity contribution is 6.03. The van der Waals surface area contributed by atoms with E-state index < -0.39 is 0 Å². The van der Waals surface area contributed by atoms with E-state index in [1.807, 2.05) is 29.7 Å². The molecule has 0 unspecified atom stereocenters. The quantitative estimate of drug-likeness (QED) is 0.551. The van der Waals surface area contributed by atoms with Crippen LogP contribution in [0.1, 0.15) is 32.4 Å². The highest BCUT2D eigenvalue weighted by Crippen LogP contribution is 2.21. The van der Waals surface area contributed by atoms with Gasteiger partial charge < -0.3 is 9.30 Å². The Morgan fingerprint density at radius 2 is 2.22 bits per heavy atom. The molecule has 0 radical (unpaired) electrons. The number of carbonyl (C=O) groups is 1. The second-order valence-electron chi connectivity index (χ2n) is 7.17. The van der Waals surface area contributed by atoms with Crippen molar-refractivity contribution in [1.29, 1.82) is 0 Å². The van der Waals surface area contributed by atoms with Gasteiger partial charge in [-0.1, -0.05) is 25.3 Å². The summed E-state index contributed by atoms with van der Waals surface area (Å²) in [6.45, 7) is 13.9. The van der Waals surface area contributed by atoms with Crippen molar-refractivity contribution in [2.45, 2.75) is 39.2 Å². The summed E-state index contributed by atoms with van der Waals surface area (Å²) >= 11 is 0. The van der Waals surface area contributed by atoms with Crippen LogP contribution in [0.5, 0.6) is 0 Å². The van der Waals surface area contributed by atoms with Crippen LogP contribution in [0.25, 0.3) is 5.65 Å². The van der Waals surface area contributed by atoms with Crippen LogP contribution in [0.15, 0.2) is 61.6 Å². The number of aromatic nitrogens is 2. The van der Waals surface area contributed by atoms with Gasteiger partial charge in [-0.15, -0.1) is 0 Å². The summed E-state index contributed by atoms with van der Waals surface area (Å²) in [4.78, 5) is 21.3. The average molecular weight is 364 g/mol. The van der Waals surface area contributed by atoms with Gasteiger partial charge in [0.25, 0.3) is 5.91 Å². The van der Waals surface area contributed by atoms with E-state index in [1.165, 1.54) is 25.5 Å². The fraction of sp³-hybridized carbons (Fsp3) is 0.364. The molecular formula is C22H28N4O. The predicted molar refractivity (Wildman–Crippen MR) is 111 cm³/mol. The van der Waals surface area contributed by atoms with Gasteiger partial charge in [0, 0.05) is 43.2 Å². The van der Waals surface area contributed by atoms with E-state index in [9.17, 15) is 4.79 Å². The molecule has 0 saturated carbocycles. The van der Waals surface area contributed by atoms with E-state index in [4.69, 9.17) is 4.98 Å². The number of allylic oxidation sites excluding steroid dienone is 3. The van der Waals surface area contributed by atoms with Crippen LogP contribution in [0.2, 0.25) is 0 Å². The first-order valence-electron chi connectivity index (χ1n) is 9.50. The fourth-order valence-electron chi connectivity index (χ4n) is 3.63. The SMILES string of the molecule is C=C/C=C\C(=O)N(C(=C)C)c1ccc2nc(CCN3CCC[C@H]3C)cn2c1. The maximum absolute atomic E-state index is 12.5. The maximum atomic E-state index is 12.5. The number of amides is 1. The number of imidazole rings is 1. The van der Waals surface area contributed by atoms with E-state index in [0.29, 0.717) is 11.7 Å². The number of pyridine rings is 1. The average Bonchev–Trinajstić information content (AvgIpc) is 3.23. The summed E-state index contributed by atoms with van der Waals surface area (Å²) in [6, 6.07) is 4.52. The minimum Gasteiger partial charge on any atom is -0.305 e. The lowest BCUT2D eigenvalue weighted by Crippen LogP contribution is -2.29. The van der Waals surface area contributed by atoms with Crippen LogP contribution in [0, 0.1) is 0 Å². The van der Waals surface area contributed by atoms with Gasteiger partial charge in [0.15, 0.2) is 0 Å². The lowest BCUT2D eigenvalue weighted by Gasteiger charge is -2.21. The van der Waals surface area contributed by atoms with Crippen molar-refractivity contribution >= 4 is 17.2 Å². The standard InChI is InChI=1S/C22H28N4O/c1-5-6-9-22(27)26(17(2)3)20-10-11-21-23-19(15-25(21)16-20)12-14-24-13-7-8-18(24)4/h5-6,9-11,15-16,18H,1-2,7-8,12-14H2,3-4H3/b9-6-/t18-/m1/s1. The first-order chi connectivity index (χ1) is 13.0. The maximum Gasteiger partial charge on any atom is 0.255 e. The van der Waals surface area contributed by atoms with Gasteiger partial charge in [-0.2, -0.15) is 0 Å².